The Kier molecular flexibility index (Phi) is 5.82. The first-order valence-electron chi connectivity index (χ1n) is 11.4. The molecule has 7 heteroatoms. The predicted molar refractivity (Wildman–Crippen MR) is 126 cm³/mol. The second kappa shape index (κ2) is 8.75. The topological polar surface area (TPSA) is 61.5 Å². The number of carbonyl (C=O) groups is 1. The lowest BCUT2D eigenvalue weighted by atomic mass is 9.77. The van der Waals surface area contributed by atoms with Gasteiger partial charge in [0.05, 0.1) is 30.1 Å². The first-order chi connectivity index (χ1) is 15.6. The molecule has 2 fully saturated rings. The monoisotopic (exact) mass is 452 g/mol. The molecule has 0 bridgehead atoms. The number of fused-ring (bicyclic) bond motifs is 1. The van der Waals surface area contributed by atoms with Crippen LogP contribution in [0.2, 0.25) is 5.02 Å². The fraction of sp³-hybridized carbons (Fsp3) is 0.440. The average Bonchev–Trinajstić information content (AvgIpc) is 3.46. The molecule has 1 saturated carbocycles. The van der Waals surface area contributed by atoms with Crippen molar-refractivity contribution in [1.29, 1.82) is 0 Å². The van der Waals surface area contributed by atoms with Crippen LogP contribution in [0.15, 0.2) is 42.5 Å². The summed E-state index contributed by atoms with van der Waals surface area (Å²) in [5, 5.41) is 0.715. The third kappa shape index (κ3) is 3.97. The molecule has 5 rings (SSSR count). The van der Waals surface area contributed by atoms with Crippen molar-refractivity contribution in [1.82, 2.24) is 19.8 Å². The number of hydrogen-bond acceptors (Lipinski definition) is 4. The van der Waals surface area contributed by atoms with Crippen LogP contribution in [0.25, 0.3) is 11.0 Å². The van der Waals surface area contributed by atoms with Gasteiger partial charge < -0.3 is 14.6 Å². The van der Waals surface area contributed by atoms with Gasteiger partial charge in [0, 0.05) is 37.3 Å². The quantitative estimate of drug-likeness (QED) is 0.624. The molecular formula is C25H29ClN4O2. The first-order valence-corrected chi connectivity index (χ1v) is 11.8. The number of aromatic nitrogens is 2. The van der Waals surface area contributed by atoms with Crippen molar-refractivity contribution in [2.24, 2.45) is 0 Å². The Morgan fingerprint density at radius 1 is 1.09 bits per heavy atom. The summed E-state index contributed by atoms with van der Waals surface area (Å²) in [5.74, 6) is 2.05. The third-order valence-electron chi connectivity index (χ3n) is 7.03. The van der Waals surface area contributed by atoms with Crippen LogP contribution in [0.1, 0.15) is 37.1 Å². The zero-order chi connectivity index (χ0) is 22.1. The molecule has 1 saturated heterocycles. The summed E-state index contributed by atoms with van der Waals surface area (Å²) < 4.78 is 5.30. The Bertz CT molecular complexity index is 1100. The van der Waals surface area contributed by atoms with Gasteiger partial charge in [0.2, 0.25) is 5.91 Å². The van der Waals surface area contributed by atoms with E-state index in [9.17, 15) is 4.79 Å². The average molecular weight is 453 g/mol. The van der Waals surface area contributed by atoms with Crippen LogP contribution in [0.5, 0.6) is 5.75 Å². The maximum absolute atomic E-state index is 13.7. The van der Waals surface area contributed by atoms with E-state index in [0.717, 1.165) is 86.6 Å². The number of imidazole rings is 1. The lowest BCUT2D eigenvalue weighted by Gasteiger charge is -2.40. The van der Waals surface area contributed by atoms with E-state index in [4.69, 9.17) is 21.3 Å². The van der Waals surface area contributed by atoms with Gasteiger partial charge in [-0.3, -0.25) is 9.69 Å². The van der Waals surface area contributed by atoms with Gasteiger partial charge in [0.1, 0.15) is 11.6 Å². The van der Waals surface area contributed by atoms with E-state index in [0.29, 0.717) is 5.02 Å². The van der Waals surface area contributed by atoms with Crippen molar-refractivity contribution < 1.29 is 9.53 Å². The molecule has 2 aromatic carbocycles. The summed E-state index contributed by atoms with van der Waals surface area (Å²) in [5.41, 5.74) is 2.66. The van der Waals surface area contributed by atoms with Crippen molar-refractivity contribution in [2.75, 3.05) is 33.3 Å². The Morgan fingerprint density at radius 2 is 1.81 bits per heavy atom. The molecule has 3 aromatic rings. The van der Waals surface area contributed by atoms with E-state index in [1.807, 2.05) is 42.5 Å². The Morgan fingerprint density at radius 3 is 2.50 bits per heavy atom. The summed E-state index contributed by atoms with van der Waals surface area (Å²) in [7, 11) is 1.67. The number of piperazine rings is 1. The fourth-order valence-electron chi connectivity index (χ4n) is 5.24. The summed E-state index contributed by atoms with van der Waals surface area (Å²) in [4.78, 5) is 26.2. The van der Waals surface area contributed by atoms with Crippen molar-refractivity contribution in [2.45, 2.75) is 37.6 Å². The smallest absolute Gasteiger partial charge is 0.233 e. The van der Waals surface area contributed by atoms with Crippen LogP contribution in [0.4, 0.5) is 0 Å². The molecule has 0 spiro atoms. The highest BCUT2D eigenvalue weighted by molar-refractivity contribution is 6.30. The molecule has 1 N–H and O–H groups in total. The zero-order valence-corrected chi connectivity index (χ0v) is 19.2. The number of amides is 1. The number of ether oxygens (including phenoxy) is 1. The number of nitrogens with one attached hydrogen (secondary N) is 1. The molecule has 2 heterocycles. The molecule has 0 atom stereocenters. The lowest BCUT2D eigenvalue weighted by molar-refractivity contribution is -0.139. The molecule has 2 aliphatic rings. The van der Waals surface area contributed by atoms with Crippen molar-refractivity contribution in [3.63, 3.8) is 0 Å². The Balaban J connectivity index is 1.25. The highest BCUT2D eigenvalue weighted by Crippen LogP contribution is 2.43. The third-order valence-corrected chi connectivity index (χ3v) is 7.29. The fourth-order valence-corrected chi connectivity index (χ4v) is 5.37. The van der Waals surface area contributed by atoms with Crippen molar-refractivity contribution in [3.8, 4) is 5.75 Å². The second-order valence-electron chi connectivity index (χ2n) is 8.93. The maximum Gasteiger partial charge on any atom is 0.233 e. The van der Waals surface area contributed by atoms with Crippen molar-refractivity contribution >= 4 is 28.5 Å². The van der Waals surface area contributed by atoms with Gasteiger partial charge in [-0.05, 0) is 42.7 Å². The number of rotatable bonds is 5. The SMILES string of the molecule is COc1ccc2nc(CN3CCN(C(=O)C4(c5ccc(Cl)cc5)CCCC4)CC3)[nH]c2c1. The highest BCUT2D eigenvalue weighted by Gasteiger charge is 2.45. The van der Waals surface area contributed by atoms with Gasteiger partial charge in [-0.15, -0.1) is 0 Å². The van der Waals surface area contributed by atoms with Gasteiger partial charge in [-0.1, -0.05) is 36.6 Å². The largest absolute Gasteiger partial charge is 0.497 e. The molecule has 0 radical (unpaired) electrons. The Hall–Kier alpha value is -2.57. The standard InChI is InChI=1S/C25H29ClN4O2/c1-32-20-8-9-21-22(16-20)28-23(27-21)17-29-12-14-30(15-13-29)24(31)25(10-2-3-11-25)18-4-6-19(26)7-5-18/h4-9,16H,2-3,10-15,17H2,1H3,(H,27,28). The molecule has 1 amide bonds. The highest BCUT2D eigenvalue weighted by atomic mass is 35.5. The second-order valence-corrected chi connectivity index (χ2v) is 9.37. The lowest BCUT2D eigenvalue weighted by Crippen LogP contribution is -2.53. The summed E-state index contributed by atoms with van der Waals surface area (Å²) in [6.45, 7) is 3.96. The number of hydrogen-bond donors (Lipinski definition) is 1. The molecule has 1 aromatic heterocycles. The van der Waals surface area contributed by atoms with Crippen molar-refractivity contribution in [3.05, 3.63) is 58.9 Å². The molecule has 0 unspecified atom stereocenters. The number of halogens is 1. The van der Waals surface area contributed by atoms with Gasteiger partial charge >= 0.3 is 0 Å². The minimum atomic E-state index is -0.384. The molecular weight excluding hydrogens is 424 g/mol. The molecule has 1 aliphatic heterocycles. The molecule has 6 nitrogen and oxygen atoms in total. The minimum Gasteiger partial charge on any atom is -0.497 e. The van der Waals surface area contributed by atoms with E-state index in [-0.39, 0.29) is 11.3 Å². The maximum atomic E-state index is 13.7. The summed E-state index contributed by atoms with van der Waals surface area (Å²) in [6.07, 6.45) is 4.06. The number of methoxy groups -OCH3 is 1. The number of H-pyrrole nitrogens is 1. The molecule has 32 heavy (non-hydrogen) atoms. The van der Waals surface area contributed by atoms with Crippen LogP contribution < -0.4 is 4.74 Å². The normalized spacial score (nSPS) is 18.9. The van der Waals surface area contributed by atoms with E-state index in [1.54, 1.807) is 7.11 Å². The van der Waals surface area contributed by atoms with Gasteiger partial charge in [-0.2, -0.15) is 0 Å². The van der Waals surface area contributed by atoms with Crippen LogP contribution in [0, 0.1) is 0 Å². The predicted octanol–water partition coefficient (Wildman–Crippen LogP) is 4.38. The summed E-state index contributed by atoms with van der Waals surface area (Å²) in [6, 6.07) is 13.8. The number of aromatic amines is 1. The first kappa shape index (κ1) is 21.3. The van der Waals surface area contributed by atoms with E-state index in [1.165, 1.54) is 0 Å². The number of benzene rings is 2. The molecule has 1 aliphatic carbocycles. The number of carbonyl (C=O) groups excluding carboxylic acids is 1. The number of nitrogens with zero attached hydrogens (tertiary/aromatic N) is 3. The van der Waals surface area contributed by atoms with Gasteiger partial charge in [-0.25, -0.2) is 4.98 Å². The molecule has 168 valence electrons. The van der Waals surface area contributed by atoms with Crippen LogP contribution >= 0.6 is 11.6 Å². The van der Waals surface area contributed by atoms with Gasteiger partial charge in [0.15, 0.2) is 0 Å². The van der Waals surface area contributed by atoms with E-state index < -0.39 is 0 Å². The van der Waals surface area contributed by atoms with Crippen LogP contribution in [0.3, 0.4) is 0 Å². The summed E-state index contributed by atoms with van der Waals surface area (Å²) >= 11 is 6.10. The zero-order valence-electron chi connectivity index (χ0n) is 18.4. The minimum absolute atomic E-state index is 0.285. The van der Waals surface area contributed by atoms with Gasteiger partial charge in [0.25, 0.3) is 0 Å². The van der Waals surface area contributed by atoms with Crippen LogP contribution in [-0.4, -0.2) is 59.0 Å². The van der Waals surface area contributed by atoms with E-state index >= 15 is 0 Å². The van der Waals surface area contributed by atoms with Crippen LogP contribution in [-0.2, 0) is 16.8 Å². The van der Waals surface area contributed by atoms with E-state index in [2.05, 4.69) is 14.8 Å². The Labute approximate surface area is 193 Å².